The molecular formula is C15H23NO4S. The molecule has 0 radical (unpaired) electrons. The first-order valence-corrected chi connectivity index (χ1v) is 8.70. The van der Waals surface area contributed by atoms with Crippen LogP contribution in [0.25, 0.3) is 0 Å². The summed E-state index contributed by atoms with van der Waals surface area (Å²) in [5.41, 5.74) is 0. The van der Waals surface area contributed by atoms with Gasteiger partial charge >= 0.3 is 0 Å². The Morgan fingerprint density at radius 2 is 1.86 bits per heavy atom. The number of ether oxygens (including phenoxy) is 2. The zero-order valence-corrected chi connectivity index (χ0v) is 13.6. The molecule has 0 aliphatic heterocycles. The molecule has 1 saturated carbocycles. The molecule has 5 nitrogen and oxygen atoms in total. The molecule has 0 saturated heterocycles. The SMILES string of the molecule is COc1ccc(OC)c(S(=O)(=O)NC2CCCCC2C)c1. The highest BCUT2D eigenvalue weighted by molar-refractivity contribution is 7.89. The molecule has 21 heavy (non-hydrogen) atoms. The van der Waals surface area contributed by atoms with Crippen molar-refractivity contribution < 1.29 is 17.9 Å². The Morgan fingerprint density at radius 3 is 2.48 bits per heavy atom. The second-order valence-corrected chi connectivity index (χ2v) is 7.19. The number of nitrogens with one attached hydrogen (secondary N) is 1. The zero-order chi connectivity index (χ0) is 15.5. The largest absolute Gasteiger partial charge is 0.497 e. The predicted molar refractivity (Wildman–Crippen MR) is 81.3 cm³/mol. The van der Waals surface area contributed by atoms with Crippen LogP contribution in [0.1, 0.15) is 32.6 Å². The average molecular weight is 313 g/mol. The van der Waals surface area contributed by atoms with Crippen molar-refractivity contribution in [2.75, 3.05) is 14.2 Å². The fourth-order valence-corrected chi connectivity index (χ4v) is 4.31. The Kier molecular flexibility index (Phi) is 5.11. The van der Waals surface area contributed by atoms with Gasteiger partial charge in [-0.15, -0.1) is 0 Å². The molecule has 1 fully saturated rings. The van der Waals surface area contributed by atoms with E-state index in [1.54, 1.807) is 12.1 Å². The smallest absolute Gasteiger partial charge is 0.244 e. The summed E-state index contributed by atoms with van der Waals surface area (Å²) in [4.78, 5) is 0.127. The first-order chi connectivity index (χ1) is 9.97. The molecule has 2 rings (SSSR count). The van der Waals surface area contributed by atoms with Crippen LogP contribution in [0, 0.1) is 5.92 Å². The number of methoxy groups -OCH3 is 2. The van der Waals surface area contributed by atoms with Gasteiger partial charge in [-0.2, -0.15) is 0 Å². The van der Waals surface area contributed by atoms with Crippen LogP contribution in [-0.2, 0) is 10.0 Å². The van der Waals surface area contributed by atoms with E-state index in [9.17, 15) is 8.42 Å². The molecule has 1 aromatic rings. The topological polar surface area (TPSA) is 64.6 Å². The van der Waals surface area contributed by atoms with Gasteiger partial charge in [0.1, 0.15) is 16.4 Å². The van der Waals surface area contributed by atoms with Crippen LogP contribution in [-0.4, -0.2) is 28.7 Å². The van der Waals surface area contributed by atoms with E-state index in [1.165, 1.54) is 26.7 Å². The van der Waals surface area contributed by atoms with Gasteiger partial charge in [-0.1, -0.05) is 19.8 Å². The first-order valence-electron chi connectivity index (χ1n) is 7.22. The summed E-state index contributed by atoms with van der Waals surface area (Å²) in [6, 6.07) is 4.77. The van der Waals surface area contributed by atoms with Crippen LogP contribution < -0.4 is 14.2 Å². The van der Waals surface area contributed by atoms with Crippen molar-refractivity contribution in [1.82, 2.24) is 4.72 Å². The Labute approximate surface area is 126 Å². The third-order valence-corrected chi connectivity index (χ3v) is 5.59. The molecule has 0 spiro atoms. The Morgan fingerprint density at radius 1 is 1.14 bits per heavy atom. The van der Waals surface area contributed by atoms with E-state index in [0.29, 0.717) is 17.4 Å². The second-order valence-electron chi connectivity index (χ2n) is 5.51. The highest BCUT2D eigenvalue weighted by atomic mass is 32.2. The normalized spacial score (nSPS) is 22.8. The molecule has 2 unspecified atom stereocenters. The lowest BCUT2D eigenvalue weighted by Crippen LogP contribution is -2.41. The monoisotopic (exact) mass is 313 g/mol. The highest BCUT2D eigenvalue weighted by Crippen LogP contribution is 2.30. The van der Waals surface area contributed by atoms with Crippen LogP contribution in [0.15, 0.2) is 23.1 Å². The molecular weight excluding hydrogens is 290 g/mol. The number of benzene rings is 1. The third-order valence-electron chi connectivity index (χ3n) is 4.08. The van der Waals surface area contributed by atoms with Crippen molar-refractivity contribution in [3.05, 3.63) is 18.2 Å². The molecule has 6 heteroatoms. The van der Waals surface area contributed by atoms with Gasteiger partial charge in [0.2, 0.25) is 10.0 Å². The lowest BCUT2D eigenvalue weighted by molar-refractivity contribution is 0.310. The van der Waals surface area contributed by atoms with E-state index in [4.69, 9.17) is 9.47 Å². The Bertz CT molecular complexity index is 585. The van der Waals surface area contributed by atoms with Crippen LogP contribution in [0.2, 0.25) is 0 Å². The molecule has 1 aliphatic carbocycles. The summed E-state index contributed by atoms with van der Waals surface area (Å²) in [6.45, 7) is 2.09. The van der Waals surface area contributed by atoms with Crippen molar-refractivity contribution >= 4 is 10.0 Å². The Balaban J connectivity index is 2.30. The first kappa shape index (κ1) is 16.1. The minimum atomic E-state index is -3.62. The number of hydrogen-bond acceptors (Lipinski definition) is 4. The van der Waals surface area contributed by atoms with Gasteiger partial charge in [0.25, 0.3) is 0 Å². The van der Waals surface area contributed by atoms with Gasteiger partial charge < -0.3 is 9.47 Å². The summed E-state index contributed by atoms with van der Waals surface area (Å²) in [6.07, 6.45) is 4.17. The van der Waals surface area contributed by atoms with Crippen LogP contribution >= 0.6 is 0 Å². The van der Waals surface area contributed by atoms with E-state index >= 15 is 0 Å². The molecule has 0 aromatic heterocycles. The zero-order valence-electron chi connectivity index (χ0n) is 12.8. The number of hydrogen-bond donors (Lipinski definition) is 1. The lowest BCUT2D eigenvalue weighted by atomic mass is 9.87. The quantitative estimate of drug-likeness (QED) is 0.907. The van der Waals surface area contributed by atoms with E-state index in [1.807, 2.05) is 0 Å². The van der Waals surface area contributed by atoms with Gasteiger partial charge in [0.15, 0.2) is 0 Å². The number of rotatable bonds is 5. The summed E-state index contributed by atoms with van der Waals surface area (Å²) < 4.78 is 38.4. The summed E-state index contributed by atoms with van der Waals surface area (Å²) in [5, 5.41) is 0. The fourth-order valence-electron chi connectivity index (χ4n) is 2.75. The van der Waals surface area contributed by atoms with Gasteiger partial charge in [-0.05, 0) is 30.9 Å². The second kappa shape index (κ2) is 6.66. The molecule has 1 aromatic carbocycles. The summed E-state index contributed by atoms with van der Waals surface area (Å²) >= 11 is 0. The fraction of sp³-hybridized carbons (Fsp3) is 0.600. The van der Waals surface area contributed by atoms with E-state index in [2.05, 4.69) is 11.6 Å². The molecule has 0 amide bonds. The van der Waals surface area contributed by atoms with Crippen molar-refractivity contribution in [2.24, 2.45) is 5.92 Å². The van der Waals surface area contributed by atoms with Crippen molar-refractivity contribution in [1.29, 1.82) is 0 Å². The van der Waals surface area contributed by atoms with Gasteiger partial charge in [0.05, 0.1) is 14.2 Å². The average Bonchev–Trinajstić information content (AvgIpc) is 2.48. The van der Waals surface area contributed by atoms with Crippen LogP contribution in [0.3, 0.4) is 0 Å². The van der Waals surface area contributed by atoms with Crippen molar-refractivity contribution in [3.8, 4) is 11.5 Å². The molecule has 1 aliphatic rings. The van der Waals surface area contributed by atoms with Gasteiger partial charge in [-0.3, -0.25) is 0 Å². The highest BCUT2D eigenvalue weighted by Gasteiger charge is 2.28. The van der Waals surface area contributed by atoms with Crippen LogP contribution in [0.4, 0.5) is 0 Å². The Hall–Kier alpha value is -1.27. The van der Waals surface area contributed by atoms with Crippen molar-refractivity contribution in [2.45, 2.75) is 43.5 Å². The summed E-state index contributed by atoms with van der Waals surface area (Å²) in [7, 11) is -0.652. The van der Waals surface area contributed by atoms with E-state index in [-0.39, 0.29) is 10.9 Å². The molecule has 118 valence electrons. The van der Waals surface area contributed by atoms with Gasteiger partial charge in [-0.25, -0.2) is 13.1 Å². The molecule has 2 atom stereocenters. The third kappa shape index (κ3) is 3.68. The van der Waals surface area contributed by atoms with E-state index < -0.39 is 10.0 Å². The van der Waals surface area contributed by atoms with Crippen LogP contribution in [0.5, 0.6) is 11.5 Å². The summed E-state index contributed by atoms with van der Waals surface area (Å²) in [5.74, 6) is 1.17. The maximum absolute atomic E-state index is 12.6. The standard InChI is InChI=1S/C15H23NO4S/c1-11-6-4-5-7-13(11)16-21(17,18)15-10-12(19-2)8-9-14(15)20-3/h8-11,13,16H,4-7H2,1-3H3. The minimum Gasteiger partial charge on any atom is -0.497 e. The number of sulfonamides is 1. The maximum Gasteiger partial charge on any atom is 0.244 e. The minimum absolute atomic E-state index is 0.0142. The van der Waals surface area contributed by atoms with Crippen molar-refractivity contribution in [3.63, 3.8) is 0 Å². The lowest BCUT2D eigenvalue weighted by Gasteiger charge is -2.29. The molecule has 0 heterocycles. The molecule has 1 N–H and O–H groups in total. The molecule has 0 bridgehead atoms. The van der Waals surface area contributed by atoms with Gasteiger partial charge in [0, 0.05) is 12.1 Å². The maximum atomic E-state index is 12.6. The predicted octanol–water partition coefficient (Wildman–Crippen LogP) is 2.56. The van der Waals surface area contributed by atoms with E-state index in [0.717, 1.165) is 19.3 Å².